The Morgan fingerprint density at radius 2 is 1.75 bits per heavy atom. The Kier molecular flexibility index (Phi) is 8.48. The summed E-state index contributed by atoms with van der Waals surface area (Å²) in [7, 11) is 0. The predicted molar refractivity (Wildman–Crippen MR) is 134 cm³/mol. The van der Waals surface area contributed by atoms with Crippen molar-refractivity contribution >= 4 is 34.0 Å². The second kappa shape index (κ2) is 12.1. The maximum atomic E-state index is 12.8. The third-order valence-electron chi connectivity index (χ3n) is 5.64. The highest BCUT2D eigenvalue weighted by Gasteiger charge is 2.29. The summed E-state index contributed by atoms with van der Waals surface area (Å²) in [6, 6.07) is 11.7. The molecular formula is C25H29N5O6. The minimum atomic E-state index is -0.783. The van der Waals surface area contributed by atoms with Gasteiger partial charge in [0, 0.05) is 29.7 Å². The van der Waals surface area contributed by atoms with Crippen LogP contribution in [0.2, 0.25) is 0 Å². The molecule has 4 N–H and O–H groups in total. The summed E-state index contributed by atoms with van der Waals surface area (Å²) in [4.78, 5) is 36.3. The maximum absolute atomic E-state index is 12.8. The van der Waals surface area contributed by atoms with Crippen LogP contribution in [-0.2, 0) is 19.1 Å². The molecule has 11 nitrogen and oxygen atoms in total. The molecule has 1 saturated heterocycles. The first kappa shape index (κ1) is 25.1. The number of fused-ring (bicyclic) bond motifs is 1. The first-order chi connectivity index (χ1) is 17.5. The summed E-state index contributed by atoms with van der Waals surface area (Å²) in [5.74, 6) is -0.0905. The lowest BCUT2D eigenvalue weighted by Gasteiger charge is -2.21. The van der Waals surface area contributed by atoms with Crippen LogP contribution in [0.3, 0.4) is 0 Å². The minimum Gasteiger partial charge on any atom is -0.491 e. The lowest BCUT2D eigenvalue weighted by atomic mass is 10.1. The molecule has 1 fully saturated rings. The summed E-state index contributed by atoms with van der Waals surface area (Å²) in [6.45, 7) is 2.89. The van der Waals surface area contributed by atoms with Gasteiger partial charge in [-0.25, -0.2) is 4.68 Å². The number of ether oxygens (including phenoxy) is 3. The highest BCUT2D eigenvalue weighted by Crippen LogP contribution is 2.19. The molecule has 190 valence electrons. The minimum absolute atomic E-state index is 0.179. The number of imide groups is 1. The fraction of sp³-hybridized carbons (Fsp3) is 0.360. The monoisotopic (exact) mass is 495 g/mol. The van der Waals surface area contributed by atoms with Gasteiger partial charge in [0.15, 0.2) is 0 Å². The summed E-state index contributed by atoms with van der Waals surface area (Å²) in [6.07, 6.45) is 1.99. The Bertz CT molecular complexity index is 1260. The van der Waals surface area contributed by atoms with Crippen molar-refractivity contribution < 1.29 is 23.8 Å². The highest BCUT2D eigenvalue weighted by atomic mass is 16.5. The topological polar surface area (TPSA) is 147 Å². The van der Waals surface area contributed by atoms with Gasteiger partial charge in [0.2, 0.25) is 5.91 Å². The lowest BCUT2D eigenvalue weighted by molar-refractivity contribution is -0.136. The van der Waals surface area contributed by atoms with Crippen LogP contribution >= 0.6 is 0 Å². The SMILES string of the molecule is Nc1ccc(OCCOCCOCCNc2ccc3c(=O)n(C4CCC(=O)NC4=O)ncc3c2)cc1. The number of nitrogens with one attached hydrogen (secondary N) is 2. The molecule has 1 aromatic heterocycles. The van der Waals surface area contributed by atoms with Crippen molar-refractivity contribution in [2.45, 2.75) is 18.9 Å². The molecule has 2 aromatic carbocycles. The second-order valence-corrected chi connectivity index (χ2v) is 8.23. The third kappa shape index (κ3) is 6.58. The number of carbonyl (C=O) groups excluding carboxylic acids is 2. The van der Waals surface area contributed by atoms with Gasteiger partial charge >= 0.3 is 0 Å². The van der Waals surface area contributed by atoms with Crippen molar-refractivity contribution in [1.82, 2.24) is 15.1 Å². The number of carbonyl (C=O) groups is 2. The maximum Gasteiger partial charge on any atom is 0.275 e. The zero-order valence-electron chi connectivity index (χ0n) is 19.8. The number of aromatic nitrogens is 2. The molecule has 36 heavy (non-hydrogen) atoms. The average molecular weight is 496 g/mol. The molecule has 4 rings (SSSR count). The van der Waals surface area contributed by atoms with E-state index in [4.69, 9.17) is 19.9 Å². The largest absolute Gasteiger partial charge is 0.491 e. The van der Waals surface area contributed by atoms with Crippen LogP contribution in [0.5, 0.6) is 5.75 Å². The Balaban J connectivity index is 1.15. The fourth-order valence-corrected chi connectivity index (χ4v) is 3.78. The number of anilines is 2. The molecule has 3 aromatic rings. The number of hydrogen-bond donors (Lipinski definition) is 3. The number of amides is 2. The van der Waals surface area contributed by atoms with Crippen molar-refractivity contribution in [2.24, 2.45) is 0 Å². The van der Waals surface area contributed by atoms with E-state index in [1.165, 1.54) is 0 Å². The van der Waals surface area contributed by atoms with Crippen LogP contribution < -0.4 is 26.7 Å². The number of benzene rings is 2. The van der Waals surface area contributed by atoms with Crippen molar-refractivity contribution in [3.8, 4) is 5.75 Å². The Hall–Kier alpha value is -3.96. The average Bonchev–Trinajstić information content (AvgIpc) is 2.87. The van der Waals surface area contributed by atoms with Gasteiger partial charge in [-0.1, -0.05) is 0 Å². The van der Waals surface area contributed by atoms with Crippen LogP contribution in [0.15, 0.2) is 53.5 Å². The van der Waals surface area contributed by atoms with Gasteiger partial charge in [-0.05, 0) is 48.9 Å². The summed E-state index contributed by atoms with van der Waals surface area (Å²) in [5, 5.41) is 10.8. The number of nitrogens with zero attached hydrogens (tertiary/aromatic N) is 2. The molecule has 0 spiro atoms. The first-order valence-electron chi connectivity index (χ1n) is 11.7. The van der Waals surface area contributed by atoms with Crippen LogP contribution in [0, 0.1) is 0 Å². The second-order valence-electron chi connectivity index (χ2n) is 8.23. The smallest absolute Gasteiger partial charge is 0.275 e. The molecule has 0 radical (unpaired) electrons. The molecule has 1 aliphatic heterocycles. The molecule has 1 unspecified atom stereocenters. The van der Waals surface area contributed by atoms with Crippen LogP contribution in [0.4, 0.5) is 11.4 Å². The van der Waals surface area contributed by atoms with Gasteiger partial charge in [0.1, 0.15) is 18.4 Å². The summed E-state index contributed by atoms with van der Waals surface area (Å²) in [5.41, 5.74) is 6.78. The molecule has 0 bridgehead atoms. The van der Waals surface area contributed by atoms with E-state index in [2.05, 4.69) is 15.7 Å². The van der Waals surface area contributed by atoms with Gasteiger partial charge < -0.3 is 25.3 Å². The Morgan fingerprint density at radius 1 is 1.00 bits per heavy atom. The van der Waals surface area contributed by atoms with E-state index in [1.807, 2.05) is 18.2 Å². The van der Waals surface area contributed by atoms with E-state index >= 15 is 0 Å². The summed E-state index contributed by atoms with van der Waals surface area (Å²) < 4.78 is 17.8. The Labute approximate surface area is 207 Å². The molecule has 0 saturated carbocycles. The van der Waals surface area contributed by atoms with Gasteiger partial charge in [-0.3, -0.25) is 19.7 Å². The van der Waals surface area contributed by atoms with E-state index in [9.17, 15) is 14.4 Å². The highest BCUT2D eigenvalue weighted by molar-refractivity contribution is 5.99. The standard InChI is InChI=1S/C25H29N5O6/c26-18-1-4-20(5-2-18)36-14-13-35-12-11-34-10-9-27-19-3-6-21-17(15-19)16-28-30(25(21)33)22-7-8-23(31)29-24(22)32/h1-6,15-16,22,27H,7-14,26H2,(H,29,31,32). The van der Waals surface area contributed by atoms with E-state index in [0.29, 0.717) is 56.0 Å². The van der Waals surface area contributed by atoms with Gasteiger partial charge in [-0.15, -0.1) is 0 Å². The number of nitrogen functional groups attached to an aromatic ring is 1. The normalized spacial score (nSPS) is 15.6. The molecule has 1 atom stereocenters. The number of piperidine rings is 1. The van der Waals surface area contributed by atoms with E-state index in [-0.39, 0.29) is 24.3 Å². The fourth-order valence-electron chi connectivity index (χ4n) is 3.78. The van der Waals surface area contributed by atoms with Crippen molar-refractivity contribution in [1.29, 1.82) is 0 Å². The van der Waals surface area contributed by atoms with Gasteiger partial charge in [0.25, 0.3) is 11.5 Å². The van der Waals surface area contributed by atoms with E-state index < -0.39 is 11.9 Å². The van der Waals surface area contributed by atoms with Crippen LogP contribution in [0.25, 0.3) is 10.8 Å². The Morgan fingerprint density at radius 3 is 2.53 bits per heavy atom. The third-order valence-corrected chi connectivity index (χ3v) is 5.64. The first-order valence-corrected chi connectivity index (χ1v) is 11.7. The number of rotatable bonds is 12. The molecule has 11 heteroatoms. The van der Waals surface area contributed by atoms with E-state index in [1.54, 1.807) is 30.5 Å². The zero-order valence-corrected chi connectivity index (χ0v) is 19.8. The van der Waals surface area contributed by atoms with Crippen LogP contribution in [0.1, 0.15) is 18.9 Å². The van der Waals surface area contributed by atoms with Crippen molar-refractivity contribution in [2.75, 3.05) is 50.6 Å². The molecular weight excluding hydrogens is 466 g/mol. The summed E-state index contributed by atoms with van der Waals surface area (Å²) >= 11 is 0. The van der Waals surface area contributed by atoms with E-state index in [0.717, 1.165) is 16.1 Å². The zero-order chi connectivity index (χ0) is 25.3. The van der Waals surface area contributed by atoms with Crippen LogP contribution in [-0.4, -0.2) is 61.2 Å². The number of hydrogen-bond acceptors (Lipinski definition) is 9. The van der Waals surface area contributed by atoms with Crippen molar-refractivity contribution in [3.63, 3.8) is 0 Å². The number of nitrogens with two attached hydrogens (primary N) is 1. The lowest BCUT2D eigenvalue weighted by Crippen LogP contribution is -2.45. The van der Waals surface area contributed by atoms with Crippen molar-refractivity contribution in [3.05, 3.63) is 59.0 Å². The predicted octanol–water partition coefficient (Wildman–Crippen LogP) is 1.48. The quantitative estimate of drug-likeness (QED) is 0.193. The molecule has 2 heterocycles. The molecule has 0 aliphatic carbocycles. The van der Waals surface area contributed by atoms with Gasteiger partial charge in [-0.2, -0.15) is 5.10 Å². The van der Waals surface area contributed by atoms with Gasteiger partial charge in [0.05, 0.1) is 38.0 Å². The molecule has 1 aliphatic rings. The molecule has 2 amide bonds.